The highest BCUT2D eigenvalue weighted by Crippen LogP contribution is 2.23. The number of amides is 17. The van der Waals surface area contributed by atoms with E-state index < -0.39 is 297 Å². The van der Waals surface area contributed by atoms with Gasteiger partial charge in [0, 0.05) is 74.6 Å². The Hall–Kier alpha value is -15.5. The van der Waals surface area contributed by atoms with Gasteiger partial charge in [-0.1, -0.05) is 42.5 Å². The third-order valence-corrected chi connectivity index (χ3v) is 21.7. The molecule has 754 valence electrons. The molecule has 54 heteroatoms. The summed E-state index contributed by atoms with van der Waals surface area (Å²) in [4.78, 5) is 290. The smallest absolute Gasteiger partial charge is 0.326 e. The number of phenolic OH excluding ortho intramolecular Hbond substituents is 2. The molecule has 1 aromatic heterocycles. The molecular weight excluding hydrogens is 1840 g/mol. The van der Waals surface area contributed by atoms with Gasteiger partial charge in [0.1, 0.15) is 96.1 Å². The highest BCUT2D eigenvalue weighted by atomic mass is 32.1. The van der Waals surface area contributed by atoms with Gasteiger partial charge in [-0.05, 0) is 131 Å². The predicted molar refractivity (Wildman–Crippen MR) is 489 cm³/mol. The van der Waals surface area contributed by atoms with E-state index in [9.17, 15) is 126 Å². The standard InChI is InChI=1S/C84H120N26O27S/c1-40(97-69(123)50(12-6-28-94-83(90)91)100-78(132)59(37-67(120)121)108-75(129)56(33-43-38-96-48-10-3-2-9-46(43)48)106-76(130)57(35-64(89)115)107-70(124)49(11-4-5-27-85)99-77(131)58(36-66(118)119)103-68(122)47(86)34-65(116)117)81(135)110-30-8-14-61(110)80(134)101-52(23-25-62(87)113)72(126)98-51(13-7-29-95-84(92)93)71(125)109-60(39-138)79(133)105-55(32-42-17-21-45(112)22-18-42)74(128)104-54(31-41-15-19-44(111)20-16-41)73(127)102-53(82(136)137)24-26-63(88)114/h2-3,9-10,15-22,38,40,47,49-61,96,111-112,138H,4-8,11-14,23-37,39,85-86H2,1H3,(H2,87,113)(H2,88,114)(H2,89,115)(H,97,123)(H,98,126)(H,99,131)(H,100,132)(H,101,134)(H,102,127)(H,103,122)(H,104,128)(H,105,133)(H,106,130)(H,107,124)(H,108,129)(H,109,125)(H,116,117)(H,118,119)(H,120,121)(H,136,137)(H4,90,91,94)(H4,92,93,95)/t40-,47-,49-,50-,51-,52-,53-,54-,55-,56-,57-,58-,59-,60-,61-/m0/s1. The van der Waals surface area contributed by atoms with Crippen LogP contribution in [-0.2, 0) is 120 Å². The van der Waals surface area contributed by atoms with Crippen LogP contribution in [0.4, 0.5) is 0 Å². The second-order valence-corrected chi connectivity index (χ2v) is 32.7. The van der Waals surface area contributed by atoms with Crippen LogP contribution in [-0.4, -0.2) is 299 Å². The van der Waals surface area contributed by atoms with Gasteiger partial charge in [-0.15, -0.1) is 0 Å². The summed E-state index contributed by atoms with van der Waals surface area (Å²) < 4.78 is 0. The fourth-order valence-electron chi connectivity index (χ4n) is 14.2. The third-order valence-electron chi connectivity index (χ3n) is 21.3. The van der Waals surface area contributed by atoms with Crippen molar-refractivity contribution in [3.63, 3.8) is 0 Å². The number of aromatic hydroxyl groups is 2. The first kappa shape index (κ1) is 113. The highest BCUT2D eigenvalue weighted by molar-refractivity contribution is 7.80. The van der Waals surface area contributed by atoms with E-state index in [1.807, 2.05) is 5.32 Å². The number of fused-ring (bicyclic) bond motifs is 1. The summed E-state index contributed by atoms with van der Waals surface area (Å²) in [5.74, 6) is -27.9. The number of para-hydroxylation sites is 1. The third kappa shape index (κ3) is 39.2. The number of aromatic nitrogens is 1. The summed E-state index contributed by atoms with van der Waals surface area (Å²) in [6.45, 7) is 0.826. The number of nitrogens with one attached hydrogen (secondary N) is 18. The van der Waals surface area contributed by atoms with E-state index in [-0.39, 0.29) is 102 Å². The van der Waals surface area contributed by atoms with Gasteiger partial charge >= 0.3 is 23.9 Å². The molecule has 2 heterocycles. The van der Waals surface area contributed by atoms with Crippen LogP contribution in [0.15, 0.2) is 79.0 Å². The molecule has 1 aliphatic heterocycles. The number of carboxylic acid groups (broad SMARTS) is 4. The summed E-state index contributed by atoms with van der Waals surface area (Å²) in [6.07, 6.45) is -7.10. The second-order valence-electron chi connectivity index (χ2n) is 32.3. The fraction of sp³-hybridized carbons (Fsp3) is 0.488. The Balaban J connectivity index is 1.40. The molecule has 0 spiro atoms. The molecule has 0 unspecified atom stereocenters. The van der Waals surface area contributed by atoms with Crippen molar-refractivity contribution in [2.24, 2.45) is 40.1 Å². The molecule has 53 nitrogen and oxygen atoms in total. The van der Waals surface area contributed by atoms with Crippen molar-refractivity contribution in [1.82, 2.24) is 89.6 Å². The topological polar surface area (TPSA) is 909 Å². The van der Waals surface area contributed by atoms with E-state index in [2.05, 4.69) is 92.0 Å². The summed E-state index contributed by atoms with van der Waals surface area (Å²) in [5.41, 5.74) is 40.1. The van der Waals surface area contributed by atoms with Crippen molar-refractivity contribution in [3.05, 3.63) is 95.7 Å². The van der Waals surface area contributed by atoms with Crippen molar-refractivity contribution < 1.29 is 131 Å². The van der Waals surface area contributed by atoms with E-state index in [1.165, 1.54) is 61.7 Å². The lowest BCUT2D eigenvalue weighted by Crippen LogP contribution is -2.61. The molecule has 138 heavy (non-hydrogen) atoms. The number of nitrogens with two attached hydrogens (primary N) is 7. The van der Waals surface area contributed by atoms with Gasteiger partial charge in [0.15, 0.2) is 11.9 Å². The first-order valence-electron chi connectivity index (χ1n) is 43.5. The molecule has 17 amide bonds. The Morgan fingerprint density at radius 2 is 0.797 bits per heavy atom. The molecule has 4 aromatic rings. The number of aliphatic carboxylic acids is 4. The first-order valence-corrected chi connectivity index (χ1v) is 44.1. The molecule has 0 saturated carbocycles. The normalized spacial score (nSPS) is 15.1. The number of likely N-dealkylation sites (tertiary alicyclic amines) is 1. The quantitative estimate of drug-likeness (QED) is 0.00845. The van der Waals surface area contributed by atoms with Crippen molar-refractivity contribution in [1.29, 1.82) is 10.8 Å². The number of unbranched alkanes of at least 4 members (excludes halogenated alkanes) is 1. The Kier molecular flexibility index (Phi) is 46.4. The maximum Gasteiger partial charge on any atom is 0.326 e. The number of guanidine groups is 2. The van der Waals surface area contributed by atoms with Gasteiger partial charge in [-0.3, -0.25) is 107 Å². The number of rotatable bonds is 61. The van der Waals surface area contributed by atoms with Crippen LogP contribution in [0.1, 0.15) is 133 Å². The number of hydrogen-bond donors (Lipinski definition) is 32. The number of H-pyrrole nitrogens is 1. The van der Waals surface area contributed by atoms with Crippen LogP contribution >= 0.6 is 12.6 Å². The lowest BCUT2D eigenvalue weighted by Gasteiger charge is -2.30. The minimum absolute atomic E-state index is 0.0506. The van der Waals surface area contributed by atoms with Gasteiger partial charge in [-0.2, -0.15) is 12.6 Å². The van der Waals surface area contributed by atoms with E-state index in [0.29, 0.717) is 27.6 Å². The number of aromatic amines is 1. The van der Waals surface area contributed by atoms with E-state index in [0.717, 1.165) is 4.90 Å². The zero-order chi connectivity index (χ0) is 103. The minimum Gasteiger partial charge on any atom is -0.508 e. The molecule has 1 saturated heterocycles. The molecule has 38 N–H and O–H groups in total. The zero-order valence-corrected chi connectivity index (χ0v) is 75.9. The summed E-state index contributed by atoms with van der Waals surface area (Å²) in [7, 11) is 0. The van der Waals surface area contributed by atoms with Crippen LogP contribution in [0.2, 0.25) is 0 Å². The SMILES string of the molecule is C[C@H](NC(=O)[C@H](CCCNC(=N)N)NC(=O)[C@H](CC(=O)O)NC(=O)[C@H](Cc1c[nH]c2ccccc12)NC(=O)[C@H](CC(N)=O)NC(=O)[C@H](CCCCN)NC(=O)[C@H](CC(=O)O)NC(=O)[C@@H](N)CC(=O)O)C(=O)N1CCC[C@H]1C(=O)N[C@@H](CCC(N)=O)C(=O)N[C@@H](CCCNC(=N)N)C(=O)N[C@@H](CS)C(=O)N[C@@H](Cc1ccc(O)cc1)C(=O)N[C@@H](Cc1ccc(O)cc1)C(=O)N[C@@H](CCC(N)=O)C(=O)O. The Morgan fingerprint density at radius 1 is 0.428 bits per heavy atom. The molecule has 0 bridgehead atoms. The van der Waals surface area contributed by atoms with Gasteiger partial charge in [0.2, 0.25) is 100 Å². The van der Waals surface area contributed by atoms with Crippen LogP contribution < -0.4 is 120 Å². The largest absolute Gasteiger partial charge is 0.508 e. The number of thiol groups is 1. The second kappa shape index (κ2) is 56.6. The minimum atomic E-state index is -2.17. The number of carboxylic acids is 4. The van der Waals surface area contributed by atoms with Crippen LogP contribution in [0.3, 0.4) is 0 Å². The molecule has 1 fully saturated rings. The van der Waals surface area contributed by atoms with Gasteiger partial charge < -0.3 is 160 Å². The molecule has 0 radical (unpaired) electrons. The average Bonchev–Trinajstić information content (AvgIpc) is 1.65. The van der Waals surface area contributed by atoms with Crippen molar-refractivity contribution in [2.75, 3.05) is 31.9 Å². The van der Waals surface area contributed by atoms with Crippen molar-refractivity contribution in [3.8, 4) is 11.5 Å². The summed E-state index contributed by atoms with van der Waals surface area (Å²) in [6, 6.07) is -9.41. The van der Waals surface area contributed by atoms with Gasteiger partial charge in [0.25, 0.3) is 0 Å². The predicted octanol–water partition coefficient (Wildman–Crippen LogP) is -9.25. The number of nitrogens with zero attached hydrogens (tertiary/aromatic N) is 1. The van der Waals surface area contributed by atoms with Gasteiger partial charge in [-0.25, -0.2) is 4.79 Å². The van der Waals surface area contributed by atoms with Gasteiger partial charge in [0.05, 0.1) is 31.7 Å². The van der Waals surface area contributed by atoms with Crippen LogP contribution in [0.5, 0.6) is 11.5 Å². The average molecular weight is 1960 g/mol. The number of phenols is 2. The van der Waals surface area contributed by atoms with Crippen molar-refractivity contribution in [2.45, 2.75) is 226 Å². The summed E-state index contributed by atoms with van der Waals surface area (Å²) in [5, 5.41) is 111. The highest BCUT2D eigenvalue weighted by Gasteiger charge is 2.42. The van der Waals surface area contributed by atoms with Crippen molar-refractivity contribution >= 4 is 160 Å². The Bertz CT molecular complexity index is 5050. The fourth-order valence-corrected chi connectivity index (χ4v) is 14.4. The number of benzene rings is 3. The van der Waals surface area contributed by atoms with Crippen LogP contribution in [0, 0.1) is 10.8 Å². The molecule has 0 aliphatic carbocycles. The molecule has 3 aromatic carbocycles. The number of carbonyl (C=O) groups excluding carboxylic acids is 17. The zero-order valence-electron chi connectivity index (χ0n) is 75.0. The maximum absolute atomic E-state index is 14.9. The number of primary amides is 3. The molecule has 15 atom stereocenters. The van der Waals surface area contributed by atoms with E-state index in [4.69, 9.17) is 56.1 Å². The number of hydrogen-bond acceptors (Lipinski definition) is 28. The van der Waals surface area contributed by atoms with Crippen LogP contribution in [0.25, 0.3) is 10.9 Å². The molecule has 1 aliphatic rings. The first-order chi connectivity index (χ1) is 65.2. The monoisotopic (exact) mass is 1960 g/mol. The Morgan fingerprint density at radius 3 is 1.22 bits per heavy atom. The van der Waals surface area contributed by atoms with E-state index >= 15 is 0 Å². The lowest BCUT2D eigenvalue weighted by atomic mass is 10.0. The Labute approximate surface area is 793 Å². The summed E-state index contributed by atoms with van der Waals surface area (Å²) >= 11 is 4.30. The molecule has 5 rings (SSSR count). The van der Waals surface area contributed by atoms with E-state index in [1.54, 1.807) is 24.3 Å². The lowest BCUT2D eigenvalue weighted by molar-refractivity contribution is -0.143. The number of carbonyl (C=O) groups is 21. The molecular formula is C84H120N26O27S. The maximum atomic E-state index is 14.9.